The highest BCUT2D eigenvalue weighted by molar-refractivity contribution is 8.18. The molecule has 5 rings (SSSR count). The minimum atomic E-state index is -0.244. The largest absolute Gasteiger partial charge is 0.353 e. The zero-order valence-corrected chi connectivity index (χ0v) is 24.4. The first-order chi connectivity index (χ1) is 21.0. The molecule has 1 saturated heterocycles. The van der Waals surface area contributed by atoms with E-state index >= 15 is 0 Å². The molecule has 1 aromatic heterocycles. The summed E-state index contributed by atoms with van der Waals surface area (Å²) in [4.78, 5) is 50.9. The molecular formula is C31H30N6O5S. The number of aromatic nitrogens is 2. The van der Waals surface area contributed by atoms with E-state index in [9.17, 15) is 19.3 Å². The molecule has 0 aliphatic carbocycles. The maximum Gasteiger partial charge on any atom is 0.293 e. The number of benzene rings is 3. The Hall–Kier alpha value is -4.84. The van der Waals surface area contributed by atoms with Crippen LogP contribution >= 0.6 is 11.8 Å². The Kier molecular flexibility index (Phi) is 9.57. The average molecular weight is 599 g/mol. The summed E-state index contributed by atoms with van der Waals surface area (Å²) in [5.41, 5.74) is 4.31. The number of carbonyl (C=O) groups excluding carboxylic acids is 3. The van der Waals surface area contributed by atoms with E-state index in [4.69, 9.17) is 4.63 Å². The molecule has 2 heterocycles. The van der Waals surface area contributed by atoms with Crippen molar-refractivity contribution in [2.24, 2.45) is 5.18 Å². The molecule has 12 heteroatoms. The van der Waals surface area contributed by atoms with E-state index in [1.807, 2.05) is 24.3 Å². The monoisotopic (exact) mass is 598 g/mol. The number of aryl methyl sites for hydroxylation is 1. The number of hydrogen-bond donors (Lipinski definition) is 2. The molecule has 1 fully saturated rings. The minimum Gasteiger partial charge on any atom is -0.353 e. The number of amides is 3. The highest BCUT2D eigenvalue weighted by atomic mass is 32.2. The average Bonchev–Trinajstić information content (AvgIpc) is 3.62. The third kappa shape index (κ3) is 6.97. The fraction of sp³-hybridized carbons (Fsp3) is 0.258. The Bertz CT molecular complexity index is 1680. The highest BCUT2D eigenvalue weighted by Gasteiger charge is 2.34. The van der Waals surface area contributed by atoms with E-state index in [1.165, 1.54) is 16.5 Å². The molecule has 2 N–H and O–H groups in total. The lowest BCUT2D eigenvalue weighted by Crippen LogP contribution is -2.29. The SMILES string of the molecule is CCc1ccc(/C=C2\SC(=O)N(CCCCCCNC(=O)c3ccccc3Nc3ccc(N=O)c4nonc34)C2=O)cc1. The number of hydrogen-bond acceptors (Lipinski definition) is 10. The smallest absolute Gasteiger partial charge is 0.293 e. The number of rotatable bonds is 13. The van der Waals surface area contributed by atoms with Crippen LogP contribution in [0.25, 0.3) is 17.1 Å². The second-order valence-corrected chi connectivity index (χ2v) is 10.9. The van der Waals surface area contributed by atoms with Gasteiger partial charge in [0.1, 0.15) is 5.69 Å². The molecule has 43 heavy (non-hydrogen) atoms. The van der Waals surface area contributed by atoms with Gasteiger partial charge in [0, 0.05) is 13.1 Å². The summed E-state index contributed by atoms with van der Waals surface area (Å²) in [6, 6.07) is 18.1. The van der Waals surface area contributed by atoms with Crippen LogP contribution < -0.4 is 10.6 Å². The number of unbranched alkanes of at least 4 members (excludes halogenated alkanes) is 3. The maximum absolute atomic E-state index is 13.0. The van der Waals surface area contributed by atoms with Gasteiger partial charge in [-0.05, 0) is 88.0 Å². The van der Waals surface area contributed by atoms with Crippen LogP contribution in [0.15, 0.2) is 75.4 Å². The van der Waals surface area contributed by atoms with Gasteiger partial charge in [-0.1, -0.05) is 56.2 Å². The maximum atomic E-state index is 13.0. The van der Waals surface area contributed by atoms with E-state index in [0.717, 1.165) is 43.0 Å². The number of nitroso groups, excluding NO2 is 1. The lowest BCUT2D eigenvalue weighted by Gasteiger charge is -2.13. The van der Waals surface area contributed by atoms with Gasteiger partial charge >= 0.3 is 0 Å². The third-order valence-electron chi connectivity index (χ3n) is 7.09. The van der Waals surface area contributed by atoms with Crippen molar-refractivity contribution in [2.45, 2.75) is 39.0 Å². The molecule has 4 aromatic rings. The van der Waals surface area contributed by atoms with Crippen molar-refractivity contribution < 1.29 is 19.0 Å². The number of anilines is 2. The first-order valence-corrected chi connectivity index (χ1v) is 14.9. The normalized spacial score (nSPS) is 14.1. The molecule has 1 aliphatic rings. The molecule has 0 unspecified atom stereocenters. The van der Waals surface area contributed by atoms with Crippen molar-refractivity contribution in [3.05, 3.63) is 87.2 Å². The highest BCUT2D eigenvalue weighted by Crippen LogP contribution is 2.33. The molecule has 0 bridgehead atoms. The van der Waals surface area contributed by atoms with Crippen molar-refractivity contribution in [2.75, 3.05) is 18.4 Å². The molecule has 0 saturated carbocycles. The van der Waals surface area contributed by atoms with Crippen LogP contribution in [0, 0.1) is 4.91 Å². The van der Waals surface area contributed by atoms with Gasteiger partial charge in [0.25, 0.3) is 17.1 Å². The first kappa shape index (κ1) is 29.6. The lowest BCUT2D eigenvalue weighted by molar-refractivity contribution is -0.122. The molecule has 3 amide bonds. The summed E-state index contributed by atoms with van der Waals surface area (Å²) in [5, 5.41) is 16.4. The van der Waals surface area contributed by atoms with Crippen molar-refractivity contribution in [3.8, 4) is 0 Å². The predicted molar refractivity (Wildman–Crippen MR) is 166 cm³/mol. The summed E-state index contributed by atoms with van der Waals surface area (Å²) in [5.74, 6) is -0.483. The van der Waals surface area contributed by atoms with E-state index in [0.29, 0.717) is 46.9 Å². The Morgan fingerprint density at radius 2 is 1.72 bits per heavy atom. The number of nitrogens with zero attached hydrogens (tertiary/aromatic N) is 4. The third-order valence-corrected chi connectivity index (χ3v) is 7.99. The van der Waals surface area contributed by atoms with E-state index < -0.39 is 0 Å². The molecule has 0 radical (unpaired) electrons. The van der Waals surface area contributed by atoms with Crippen LogP contribution in [0.2, 0.25) is 0 Å². The Morgan fingerprint density at radius 3 is 2.51 bits per heavy atom. The van der Waals surface area contributed by atoms with E-state index in [-0.39, 0.29) is 28.3 Å². The standard InChI is InChI=1S/C31H30N6O5S/c1-2-20-11-13-21(14-12-20)19-26-30(39)37(31(40)43-26)18-8-4-3-7-17-32-29(38)22-9-5-6-10-23(22)33-24-15-16-25(34-41)28-27(24)35-42-36-28/h5-6,9-16,19,33H,2-4,7-8,17-18H2,1H3,(H,32,38)/b26-19-. The molecule has 1 aliphatic heterocycles. The van der Waals surface area contributed by atoms with Crippen molar-refractivity contribution in [3.63, 3.8) is 0 Å². The second kappa shape index (κ2) is 13.9. The number of imide groups is 1. The van der Waals surface area contributed by atoms with Crippen LogP contribution in [0.4, 0.5) is 21.9 Å². The van der Waals surface area contributed by atoms with Gasteiger partial charge in [-0.3, -0.25) is 19.3 Å². The molecule has 3 aromatic carbocycles. The van der Waals surface area contributed by atoms with Gasteiger partial charge in [0.15, 0.2) is 11.0 Å². The Balaban J connectivity index is 1.06. The van der Waals surface area contributed by atoms with Crippen LogP contribution in [0.1, 0.15) is 54.1 Å². The minimum absolute atomic E-state index is 0.111. The fourth-order valence-electron chi connectivity index (χ4n) is 4.70. The van der Waals surface area contributed by atoms with Crippen LogP contribution in [0.3, 0.4) is 0 Å². The van der Waals surface area contributed by atoms with Crippen LogP contribution in [-0.4, -0.2) is 45.4 Å². The van der Waals surface area contributed by atoms with Crippen molar-refractivity contribution in [1.29, 1.82) is 0 Å². The molecule has 0 atom stereocenters. The van der Waals surface area contributed by atoms with E-state index in [1.54, 1.807) is 36.4 Å². The molecule has 220 valence electrons. The summed E-state index contributed by atoms with van der Waals surface area (Å²) >= 11 is 0.982. The van der Waals surface area contributed by atoms with Gasteiger partial charge in [-0.25, -0.2) is 4.63 Å². The quantitative estimate of drug-likeness (QED) is 0.0947. The number of para-hydroxylation sites is 1. The zero-order valence-electron chi connectivity index (χ0n) is 23.5. The second-order valence-electron chi connectivity index (χ2n) is 9.95. The van der Waals surface area contributed by atoms with Crippen LogP contribution in [-0.2, 0) is 11.2 Å². The zero-order chi connectivity index (χ0) is 30.2. The summed E-state index contributed by atoms with van der Waals surface area (Å²) in [6.45, 7) is 2.94. The molecular weight excluding hydrogens is 568 g/mol. The Morgan fingerprint density at radius 1 is 0.953 bits per heavy atom. The number of nitrogens with one attached hydrogen (secondary N) is 2. The van der Waals surface area contributed by atoms with E-state index in [2.05, 4.69) is 33.0 Å². The van der Waals surface area contributed by atoms with Crippen molar-refractivity contribution in [1.82, 2.24) is 20.5 Å². The Labute approximate surface area is 252 Å². The number of thioether (sulfide) groups is 1. The van der Waals surface area contributed by atoms with Gasteiger partial charge in [0.2, 0.25) is 0 Å². The van der Waals surface area contributed by atoms with Crippen molar-refractivity contribution >= 4 is 63.0 Å². The fourth-order valence-corrected chi connectivity index (χ4v) is 5.57. The molecule has 11 nitrogen and oxygen atoms in total. The van der Waals surface area contributed by atoms with Gasteiger partial charge in [-0.2, -0.15) is 0 Å². The summed E-state index contributed by atoms with van der Waals surface area (Å²) in [7, 11) is 0. The van der Waals surface area contributed by atoms with Crippen LogP contribution in [0.5, 0.6) is 0 Å². The molecule has 0 spiro atoms. The van der Waals surface area contributed by atoms with Gasteiger partial charge < -0.3 is 10.6 Å². The summed E-state index contributed by atoms with van der Waals surface area (Å²) < 4.78 is 4.77. The topological polar surface area (TPSA) is 147 Å². The van der Waals surface area contributed by atoms with Gasteiger partial charge in [-0.15, -0.1) is 4.91 Å². The number of carbonyl (C=O) groups is 3. The number of fused-ring (bicyclic) bond motifs is 1. The predicted octanol–water partition coefficient (Wildman–Crippen LogP) is 6.95. The lowest BCUT2D eigenvalue weighted by atomic mass is 10.1. The summed E-state index contributed by atoms with van der Waals surface area (Å²) in [6.07, 6.45) is 5.82. The first-order valence-electron chi connectivity index (χ1n) is 14.1. The van der Waals surface area contributed by atoms with Gasteiger partial charge in [0.05, 0.1) is 21.8 Å².